The Balaban J connectivity index is 2.29. The van der Waals surface area contributed by atoms with E-state index < -0.39 is 10.0 Å². The summed E-state index contributed by atoms with van der Waals surface area (Å²) in [4.78, 5) is 0.321. The first kappa shape index (κ1) is 14.7. The topological polar surface area (TPSA) is 46.6 Å². The lowest BCUT2D eigenvalue weighted by molar-refractivity contribution is 0.273. The highest BCUT2D eigenvalue weighted by Crippen LogP contribution is 2.26. The van der Waals surface area contributed by atoms with E-state index in [0.717, 1.165) is 19.3 Å². The summed E-state index contributed by atoms with van der Waals surface area (Å²) in [5, 5.41) is 0. The minimum absolute atomic E-state index is 0.00388. The van der Waals surface area contributed by atoms with Crippen LogP contribution in [0.4, 0.5) is 0 Å². The molecule has 1 fully saturated rings. The lowest BCUT2D eigenvalue weighted by atomic mass is 10.1. The first-order valence-electron chi connectivity index (χ1n) is 6.36. The molecule has 1 aromatic rings. The second kappa shape index (κ2) is 6.15. The predicted octanol–water partition coefficient (Wildman–Crippen LogP) is 2.17. The largest absolute Gasteiger partial charge is 0.497 e. The third-order valence-electron chi connectivity index (χ3n) is 3.45. The molecule has 4 nitrogen and oxygen atoms in total. The molecule has 2 rings (SSSR count). The molecule has 0 bridgehead atoms. The van der Waals surface area contributed by atoms with Gasteiger partial charge in [-0.05, 0) is 37.1 Å². The Hall–Kier alpha value is -0.720. The zero-order chi connectivity index (χ0) is 13.9. The maximum absolute atomic E-state index is 12.6. The Morgan fingerprint density at radius 1 is 1.32 bits per heavy atom. The SMILES string of the molecule is COc1ccc(S(=O)(=O)N2CCCCC2CS)cc1. The highest BCUT2D eigenvalue weighted by molar-refractivity contribution is 7.89. The number of sulfonamides is 1. The van der Waals surface area contributed by atoms with Gasteiger partial charge in [0.25, 0.3) is 0 Å². The number of hydrogen-bond acceptors (Lipinski definition) is 4. The van der Waals surface area contributed by atoms with Crippen LogP contribution in [-0.2, 0) is 10.0 Å². The first-order chi connectivity index (χ1) is 9.09. The molecule has 1 saturated heterocycles. The molecule has 1 aliphatic rings. The summed E-state index contributed by atoms with van der Waals surface area (Å²) in [7, 11) is -1.86. The molecule has 0 saturated carbocycles. The Labute approximate surface area is 120 Å². The van der Waals surface area contributed by atoms with Gasteiger partial charge in [0.15, 0.2) is 0 Å². The summed E-state index contributed by atoms with van der Waals surface area (Å²) in [5.41, 5.74) is 0. The van der Waals surface area contributed by atoms with E-state index in [1.54, 1.807) is 35.7 Å². The molecule has 1 atom stereocenters. The van der Waals surface area contributed by atoms with E-state index >= 15 is 0 Å². The van der Waals surface area contributed by atoms with Gasteiger partial charge in [-0.1, -0.05) is 6.42 Å². The van der Waals surface area contributed by atoms with Crippen molar-refractivity contribution in [3.05, 3.63) is 24.3 Å². The third-order valence-corrected chi connectivity index (χ3v) is 5.84. The van der Waals surface area contributed by atoms with Crippen molar-refractivity contribution in [3.8, 4) is 5.75 Å². The van der Waals surface area contributed by atoms with Gasteiger partial charge in [0.05, 0.1) is 12.0 Å². The van der Waals surface area contributed by atoms with Crippen LogP contribution >= 0.6 is 12.6 Å². The molecule has 1 unspecified atom stereocenters. The van der Waals surface area contributed by atoms with Crippen LogP contribution in [0.15, 0.2) is 29.2 Å². The maximum atomic E-state index is 12.6. The maximum Gasteiger partial charge on any atom is 0.243 e. The van der Waals surface area contributed by atoms with Crippen LogP contribution in [0.1, 0.15) is 19.3 Å². The van der Waals surface area contributed by atoms with Crippen molar-refractivity contribution in [3.63, 3.8) is 0 Å². The zero-order valence-corrected chi connectivity index (χ0v) is 12.7. The summed E-state index contributed by atoms with van der Waals surface area (Å²) in [6.07, 6.45) is 2.87. The molecular weight excluding hydrogens is 282 g/mol. The second-order valence-electron chi connectivity index (χ2n) is 4.62. The lowest BCUT2D eigenvalue weighted by Crippen LogP contribution is -2.44. The standard InChI is InChI=1S/C13H19NO3S2/c1-17-12-5-7-13(8-6-12)19(15,16)14-9-3-2-4-11(14)10-18/h5-8,11,18H,2-4,9-10H2,1H3. The normalized spacial score (nSPS) is 21.3. The van der Waals surface area contributed by atoms with Crippen molar-refractivity contribution in [2.75, 3.05) is 19.4 Å². The smallest absolute Gasteiger partial charge is 0.243 e. The Kier molecular flexibility index (Phi) is 4.76. The van der Waals surface area contributed by atoms with Gasteiger partial charge in [-0.2, -0.15) is 16.9 Å². The van der Waals surface area contributed by atoms with Gasteiger partial charge in [0.2, 0.25) is 10.0 Å². The van der Waals surface area contributed by atoms with Crippen LogP contribution in [0.5, 0.6) is 5.75 Å². The van der Waals surface area contributed by atoms with Gasteiger partial charge in [0.1, 0.15) is 5.75 Å². The number of nitrogens with zero attached hydrogens (tertiary/aromatic N) is 1. The van der Waals surface area contributed by atoms with Crippen molar-refractivity contribution in [2.45, 2.75) is 30.2 Å². The summed E-state index contributed by atoms with van der Waals surface area (Å²) >= 11 is 4.27. The van der Waals surface area contributed by atoms with Crippen molar-refractivity contribution in [2.24, 2.45) is 0 Å². The van der Waals surface area contributed by atoms with E-state index in [1.165, 1.54) is 0 Å². The van der Waals surface area contributed by atoms with Gasteiger partial charge in [0, 0.05) is 18.3 Å². The zero-order valence-electron chi connectivity index (χ0n) is 10.9. The quantitative estimate of drug-likeness (QED) is 0.867. The molecule has 0 N–H and O–H groups in total. The van der Waals surface area contributed by atoms with E-state index in [2.05, 4.69) is 12.6 Å². The number of hydrogen-bond donors (Lipinski definition) is 1. The predicted molar refractivity (Wildman–Crippen MR) is 78.4 cm³/mol. The fourth-order valence-corrected chi connectivity index (χ4v) is 4.54. The van der Waals surface area contributed by atoms with Gasteiger partial charge in [-0.3, -0.25) is 0 Å². The highest BCUT2D eigenvalue weighted by Gasteiger charge is 2.32. The van der Waals surface area contributed by atoms with Crippen LogP contribution in [0.25, 0.3) is 0 Å². The molecule has 106 valence electrons. The van der Waals surface area contributed by atoms with Crippen LogP contribution in [-0.4, -0.2) is 38.2 Å². The number of methoxy groups -OCH3 is 1. The summed E-state index contributed by atoms with van der Waals surface area (Å²) in [6.45, 7) is 0.583. The van der Waals surface area contributed by atoms with Crippen molar-refractivity contribution in [1.29, 1.82) is 0 Å². The number of benzene rings is 1. The average Bonchev–Trinajstić information content (AvgIpc) is 2.47. The van der Waals surface area contributed by atoms with E-state index in [9.17, 15) is 8.42 Å². The molecule has 0 aromatic heterocycles. The van der Waals surface area contributed by atoms with Gasteiger partial charge >= 0.3 is 0 Å². The van der Waals surface area contributed by atoms with Gasteiger partial charge in [-0.15, -0.1) is 0 Å². The van der Waals surface area contributed by atoms with Crippen molar-refractivity contribution < 1.29 is 13.2 Å². The minimum Gasteiger partial charge on any atom is -0.497 e. The summed E-state index contributed by atoms with van der Waals surface area (Å²) in [6, 6.07) is 6.54. The monoisotopic (exact) mass is 301 g/mol. The van der Waals surface area contributed by atoms with Crippen LogP contribution < -0.4 is 4.74 Å². The Morgan fingerprint density at radius 2 is 2.00 bits per heavy atom. The van der Waals surface area contributed by atoms with Crippen LogP contribution in [0.2, 0.25) is 0 Å². The molecule has 0 amide bonds. The molecule has 0 radical (unpaired) electrons. The molecule has 1 aliphatic heterocycles. The van der Waals surface area contributed by atoms with Crippen LogP contribution in [0.3, 0.4) is 0 Å². The molecule has 6 heteroatoms. The third kappa shape index (κ3) is 3.07. The number of ether oxygens (including phenoxy) is 1. The average molecular weight is 301 g/mol. The highest BCUT2D eigenvalue weighted by atomic mass is 32.2. The first-order valence-corrected chi connectivity index (χ1v) is 8.43. The molecule has 1 aromatic carbocycles. The fraction of sp³-hybridized carbons (Fsp3) is 0.538. The molecule has 0 spiro atoms. The van der Waals surface area contributed by atoms with Crippen molar-refractivity contribution in [1.82, 2.24) is 4.31 Å². The van der Waals surface area contributed by atoms with Crippen molar-refractivity contribution >= 4 is 22.7 Å². The van der Waals surface area contributed by atoms with Gasteiger partial charge in [-0.25, -0.2) is 8.42 Å². The molecule has 0 aliphatic carbocycles. The minimum atomic E-state index is -3.42. The van der Waals surface area contributed by atoms with E-state index in [1.807, 2.05) is 0 Å². The van der Waals surface area contributed by atoms with Crippen LogP contribution in [0, 0.1) is 0 Å². The molecular formula is C13H19NO3S2. The number of thiol groups is 1. The number of piperidine rings is 1. The fourth-order valence-electron chi connectivity index (χ4n) is 2.36. The van der Waals surface area contributed by atoms with E-state index in [-0.39, 0.29) is 6.04 Å². The lowest BCUT2D eigenvalue weighted by Gasteiger charge is -2.33. The second-order valence-corrected chi connectivity index (χ2v) is 6.88. The number of rotatable bonds is 4. The van der Waals surface area contributed by atoms with E-state index in [0.29, 0.717) is 22.9 Å². The summed E-state index contributed by atoms with van der Waals surface area (Å²) in [5.74, 6) is 1.22. The molecule has 19 heavy (non-hydrogen) atoms. The Bertz CT molecular complexity index is 513. The Morgan fingerprint density at radius 3 is 2.58 bits per heavy atom. The van der Waals surface area contributed by atoms with E-state index in [4.69, 9.17) is 4.74 Å². The molecule has 1 heterocycles. The van der Waals surface area contributed by atoms with Gasteiger partial charge < -0.3 is 4.74 Å². The summed E-state index contributed by atoms with van der Waals surface area (Å²) < 4.78 is 31.9.